The van der Waals surface area contributed by atoms with Gasteiger partial charge in [0, 0.05) is 19.6 Å². The highest BCUT2D eigenvalue weighted by atomic mass is 32.2. The first-order valence-corrected chi connectivity index (χ1v) is 12.2. The molecule has 8 heteroatoms. The summed E-state index contributed by atoms with van der Waals surface area (Å²) in [6.45, 7) is 5.95. The van der Waals surface area contributed by atoms with Crippen LogP contribution in [-0.4, -0.2) is 63.7 Å². The van der Waals surface area contributed by atoms with Crippen LogP contribution in [0, 0.1) is 0 Å². The number of carbonyl (C=O) groups is 1. The summed E-state index contributed by atoms with van der Waals surface area (Å²) in [6, 6.07) is 18.1. The summed E-state index contributed by atoms with van der Waals surface area (Å²) in [6.07, 6.45) is 0.935. The lowest BCUT2D eigenvalue weighted by molar-refractivity contribution is -0.140. The van der Waals surface area contributed by atoms with Gasteiger partial charge in [0.25, 0.3) is 0 Å². The summed E-state index contributed by atoms with van der Waals surface area (Å²) in [5, 5.41) is 9.67. The first kappa shape index (κ1) is 23.3. The number of aryl methyl sites for hydroxylation is 1. The maximum atomic E-state index is 12.9. The van der Waals surface area contributed by atoms with E-state index in [1.54, 1.807) is 7.11 Å². The molecule has 4 rings (SSSR count). The van der Waals surface area contributed by atoms with Crippen molar-refractivity contribution in [1.29, 1.82) is 0 Å². The van der Waals surface area contributed by atoms with Crippen LogP contribution in [0.1, 0.15) is 19.4 Å². The molecule has 2 atom stereocenters. The van der Waals surface area contributed by atoms with Crippen molar-refractivity contribution < 1.29 is 14.3 Å². The third-order valence-corrected chi connectivity index (χ3v) is 6.58. The van der Waals surface area contributed by atoms with Crippen molar-refractivity contribution in [2.24, 2.45) is 0 Å². The highest BCUT2D eigenvalue weighted by molar-refractivity contribution is 7.99. The number of hydrogen-bond donors (Lipinski definition) is 0. The molecule has 7 nitrogen and oxygen atoms in total. The van der Waals surface area contributed by atoms with Gasteiger partial charge in [-0.3, -0.25) is 4.79 Å². The summed E-state index contributed by atoms with van der Waals surface area (Å²) in [5.41, 5.74) is 2.12. The van der Waals surface area contributed by atoms with E-state index in [0.29, 0.717) is 25.4 Å². The van der Waals surface area contributed by atoms with E-state index in [-0.39, 0.29) is 18.1 Å². The minimum atomic E-state index is 0.0503. The normalized spacial score (nSPS) is 18.3. The van der Waals surface area contributed by atoms with Crippen molar-refractivity contribution in [2.75, 3.05) is 26.0 Å². The van der Waals surface area contributed by atoms with Crippen molar-refractivity contribution in [1.82, 2.24) is 19.7 Å². The molecular formula is C25H30N4O3S. The largest absolute Gasteiger partial charge is 0.496 e. The predicted molar refractivity (Wildman–Crippen MR) is 129 cm³/mol. The molecule has 1 amide bonds. The molecule has 33 heavy (non-hydrogen) atoms. The van der Waals surface area contributed by atoms with Crippen LogP contribution >= 0.6 is 11.8 Å². The third kappa shape index (κ3) is 5.75. The summed E-state index contributed by atoms with van der Waals surface area (Å²) < 4.78 is 13.4. The summed E-state index contributed by atoms with van der Waals surface area (Å²) in [5.74, 6) is 1.90. The number of ether oxygens (including phenoxy) is 2. The molecule has 0 radical (unpaired) electrons. The fourth-order valence-electron chi connectivity index (χ4n) is 4.11. The van der Waals surface area contributed by atoms with Gasteiger partial charge in [0.15, 0.2) is 11.0 Å². The van der Waals surface area contributed by atoms with Crippen molar-refractivity contribution in [2.45, 2.75) is 44.2 Å². The zero-order valence-corrected chi connectivity index (χ0v) is 20.1. The van der Waals surface area contributed by atoms with Gasteiger partial charge in [0.05, 0.1) is 30.6 Å². The second-order valence-corrected chi connectivity index (χ2v) is 9.18. The molecule has 0 bridgehead atoms. The molecule has 1 aliphatic heterocycles. The Balaban J connectivity index is 1.55. The molecule has 0 N–H and O–H groups in total. The van der Waals surface area contributed by atoms with Crippen LogP contribution in [0.2, 0.25) is 0 Å². The molecule has 0 aliphatic carbocycles. The maximum absolute atomic E-state index is 12.9. The van der Waals surface area contributed by atoms with Crippen LogP contribution < -0.4 is 4.74 Å². The van der Waals surface area contributed by atoms with Gasteiger partial charge in [-0.2, -0.15) is 0 Å². The number of thioether (sulfide) groups is 1. The first-order chi connectivity index (χ1) is 16.0. The Kier molecular flexibility index (Phi) is 7.67. The molecule has 0 spiro atoms. The Morgan fingerprint density at radius 2 is 1.76 bits per heavy atom. The van der Waals surface area contributed by atoms with Gasteiger partial charge in [0.1, 0.15) is 5.75 Å². The number of nitrogens with zero attached hydrogens (tertiary/aromatic N) is 4. The second kappa shape index (κ2) is 10.9. The van der Waals surface area contributed by atoms with Crippen molar-refractivity contribution >= 4 is 17.7 Å². The van der Waals surface area contributed by atoms with Crippen LogP contribution in [0.15, 0.2) is 59.8 Å². The van der Waals surface area contributed by atoms with Gasteiger partial charge < -0.3 is 18.9 Å². The summed E-state index contributed by atoms with van der Waals surface area (Å²) in [4.78, 5) is 14.8. The number of hydrogen-bond acceptors (Lipinski definition) is 6. The molecular weight excluding hydrogens is 436 g/mol. The monoisotopic (exact) mass is 466 g/mol. The lowest BCUT2D eigenvalue weighted by Crippen LogP contribution is -2.48. The Hall–Kier alpha value is -2.84. The van der Waals surface area contributed by atoms with Crippen molar-refractivity contribution in [3.05, 3.63) is 60.2 Å². The Bertz CT molecular complexity index is 1060. The molecule has 1 aromatic heterocycles. The van der Waals surface area contributed by atoms with E-state index in [9.17, 15) is 4.79 Å². The average molecular weight is 467 g/mol. The number of methoxy groups -OCH3 is 1. The van der Waals surface area contributed by atoms with Crippen molar-refractivity contribution in [3.63, 3.8) is 0 Å². The predicted octanol–water partition coefficient (Wildman–Crippen LogP) is 3.92. The summed E-state index contributed by atoms with van der Waals surface area (Å²) in [7, 11) is 1.65. The quantitative estimate of drug-likeness (QED) is 0.469. The molecule has 1 fully saturated rings. The number of aromatic nitrogens is 3. The first-order valence-electron chi connectivity index (χ1n) is 11.2. The number of para-hydroxylation sites is 1. The molecule has 1 saturated heterocycles. The van der Waals surface area contributed by atoms with Gasteiger partial charge in [-0.25, -0.2) is 0 Å². The van der Waals surface area contributed by atoms with Gasteiger partial charge >= 0.3 is 0 Å². The van der Waals surface area contributed by atoms with Crippen LogP contribution in [0.3, 0.4) is 0 Å². The van der Waals surface area contributed by atoms with E-state index in [1.807, 2.05) is 61.2 Å². The smallest absolute Gasteiger partial charge is 0.233 e. The van der Waals surface area contributed by atoms with Gasteiger partial charge in [0.2, 0.25) is 5.91 Å². The van der Waals surface area contributed by atoms with Gasteiger partial charge in [-0.15, -0.1) is 10.2 Å². The molecule has 3 aromatic rings. The number of carbonyl (C=O) groups excluding carboxylic acids is 1. The minimum absolute atomic E-state index is 0.0503. The fraction of sp³-hybridized carbons (Fsp3) is 0.400. The molecule has 2 heterocycles. The standard InChI is InChI=1S/C25H30N4O3S/c1-18-15-28(16-19(2)32-18)23(30)17-33-25-27-26-24(21-11-7-8-12-22(21)31-3)29(25)14-13-20-9-5-4-6-10-20/h4-12,18-19H,13-17H2,1-3H3. The van der Waals surface area contributed by atoms with Crippen LogP contribution in [0.5, 0.6) is 5.75 Å². The van der Waals surface area contributed by atoms with Crippen LogP contribution in [-0.2, 0) is 22.5 Å². The molecule has 1 aliphatic rings. The maximum Gasteiger partial charge on any atom is 0.233 e. The molecule has 0 saturated carbocycles. The van der Waals surface area contributed by atoms with E-state index in [1.165, 1.54) is 17.3 Å². The van der Waals surface area contributed by atoms with Crippen molar-refractivity contribution in [3.8, 4) is 17.1 Å². The molecule has 174 valence electrons. The van der Waals surface area contributed by atoms with E-state index >= 15 is 0 Å². The Morgan fingerprint density at radius 3 is 2.48 bits per heavy atom. The minimum Gasteiger partial charge on any atom is -0.496 e. The lowest BCUT2D eigenvalue weighted by atomic mass is 10.1. The Morgan fingerprint density at radius 1 is 1.06 bits per heavy atom. The highest BCUT2D eigenvalue weighted by Crippen LogP contribution is 2.31. The lowest BCUT2D eigenvalue weighted by Gasteiger charge is -2.35. The van der Waals surface area contributed by atoms with E-state index in [0.717, 1.165) is 28.7 Å². The average Bonchev–Trinajstić information content (AvgIpc) is 3.23. The third-order valence-electron chi connectivity index (χ3n) is 5.63. The second-order valence-electron chi connectivity index (χ2n) is 8.24. The van der Waals surface area contributed by atoms with E-state index in [4.69, 9.17) is 9.47 Å². The molecule has 2 aromatic carbocycles. The number of amides is 1. The highest BCUT2D eigenvalue weighted by Gasteiger charge is 2.26. The van der Waals surface area contributed by atoms with Gasteiger partial charge in [-0.05, 0) is 38.0 Å². The Labute approximate surface area is 199 Å². The topological polar surface area (TPSA) is 69.5 Å². The fourth-order valence-corrected chi connectivity index (χ4v) is 4.98. The van der Waals surface area contributed by atoms with E-state index < -0.39 is 0 Å². The van der Waals surface area contributed by atoms with Crippen LogP contribution in [0.25, 0.3) is 11.4 Å². The van der Waals surface area contributed by atoms with Gasteiger partial charge in [-0.1, -0.05) is 54.2 Å². The number of rotatable bonds is 8. The molecule has 2 unspecified atom stereocenters. The number of morpholine rings is 1. The zero-order chi connectivity index (χ0) is 23.2. The summed E-state index contributed by atoms with van der Waals surface area (Å²) >= 11 is 1.43. The zero-order valence-electron chi connectivity index (χ0n) is 19.3. The van der Waals surface area contributed by atoms with E-state index in [2.05, 4.69) is 26.9 Å². The van der Waals surface area contributed by atoms with Crippen LogP contribution in [0.4, 0.5) is 0 Å². The number of benzene rings is 2. The SMILES string of the molecule is COc1ccccc1-c1nnc(SCC(=O)N2CC(C)OC(C)C2)n1CCc1ccccc1.